The van der Waals surface area contributed by atoms with E-state index in [0.717, 1.165) is 19.1 Å². The van der Waals surface area contributed by atoms with Gasteiger partial charge in [-0.05, 0) is 51.1 Å². The van der Waals surface area contributed by atoms with Gasteiger partial charge in [0.15, 0.2) is 0 Å². The highest BCUT2D eigenvalue weighted by atomic mass is 15.3. The molecule has 0 amide bonds. The van der Waals surface area contributed by atoms with Crippen LogP contribution in [0, 0.1) is 12.8 Å². The maximum Gasteiger partial charge on any atom is 0.0560 e. The monoisotopic (exact) mass is 342 g/mol. The summed E-state index contributed by atoms with van der Waals surface area (Å²) < 4.78 is 4.02. The van der Waals surface area contributed by atoms with Crippen LogP contribution in [0.15, 0.2) is 18.5 Å². The molecule has 0 spiro atoms. The fourth-order valence-electron chi connectivity index (χ4n) is 4.33. The minimum atomic E-state index is 0.497. The molecule has 25 heavy (non-hydrogen) atoms. The van der Waals surface area contributed by atoms with Gasteiger partial charge in [0.2, 0.25) is 0 Å². The number of hydrogen-bond donors (Lipinski definition) is 1. The largest absolute Gasteiger partial charge is 0.312 e. The summed E-state index contributed by atoms with van der Waals surface area (Å²) in [5.41, 5.74) is 3.92. The van der Waals surface area contributed by atoms with E-state index >= 15 is 0 Å². The van der Waals surface area contributed by atoms with Crippen molar-refractivity contribution in [1.29, 1.82) is 0 Å². The molecule has 1 N–H and O–H groups in total. The molecule has 2 aliphatic rings. The van der Waals surface area contributed by atoms with Crippen LogP contribution in [-0.2, 0) is 20.6 Å². The SMILES string of the molecule is Cc1c(CNC[C@@H]2CCCN(C3CC3)[C@H]2c2ccnn2C)cnn1C. The molecule has 0 radical (unpaired) electrons. The van der Waals surface area contributed by atoms with Gasteiger partial charge in [-0.1, -0.05) is 0 Å². The Morgan fingerprint density at radius 1 is 1.16 bits per heavy atom. The van der Waals surface area contributed by atoms with E-state index in [4.69, 9.17) is 0 Å². The molecule has 1 aliphatic heterocycles. The van der Waals surface area contributed by atoms with E-state index < -0.39 is 0 Å². The molecule has 0 aromatic carbocycles. The van der Waals surface area contributed by atoms with E-state index in [1.807, 2.05) is 24.1 Å². The second-order valence-corrected chi connectivity index (χ2v) is 7.71. The van der Waals surface area contributed by atoms with Gasteiger partial charge in [0.25, 0.3) is 0 Å². The zero-order valence-electron chi connectivity index (χ0n) is 15.6. The van der Waals surface area contributed by atoms with E-state index in [1.54, 1.807) is 0 Å². The number of nitrogens with zero attached hydrogens (tertiary/aromatic N) is 5. The first-order valence-corrected chi connectivity index (χ1v) is 9.57. The lowest BCUT2D eigenvalue weighted by Gasteiger charge is -2.42. The quantitative estimate of drug-likeness (QED) is 0.874. The molecule has 136 valence electrons. The summed E-state index contributed by atoms with van der Waals surface area (Å²) in [6.07, 6.45) is 9.25. The molecular weight excluding hydrogens is 312 g/mol. The Kier molecular flexibility index (Phi) is 4.65. The summed E-state index contributed by atoms with van der Waals surface area (Å²) in [4.78, 5) is 2.75. The van der Waals surface area contributed by atoms with Crippen LogP contribution >= 0.6 is 0 Å². The predicted octanol–water partition coefficient (Wildman–Crippen LogP) is 2.17. The van der Waals surface area contributed by atoms with Crippen molar-refractivity contribution in [2.45, 2.75) is 51.2 Å². The summed E-state index contributed by atoms with van der Waals surface area (Å²) in [6.45, 7) is 5.32. The Morgan fingerprint density at radius 3 is 2.64 bits per heavy atom. The van der Waals surface area contributed by atoms with Crippen LogP contribution in [0.1, 0.15) is 48.7 Å². The average Bonchev–Trinajstić information content (AvgIpc) is 3.31. The van der Waals surface area contributed by atoms with Crippen molar-refractivity contribution in [1.82, 2.24) is 29.8 Å². The van der Waals surface area contributed by atoms with Gasteiger partial charge in [-0.15, -0.1) is 0 Å². The molecule has 1 aliphatic carbocycles. The Bertz CT molecular complexity index is 713. The molecule has 2 aromatic heterocycles. The molecule has 3 heterocycles. The number of aromatic nitrogens is 4. The van der Waals surface area contributed by atoms with Crippen LogP contribution in [0.3, 0.4) is 0 Å². The lowest BCUT2D eigenvalue weighted by molar-refractivity contribution is 0.0777. The number of rotatable bonds is 6. The molecule has 1 saturated carbocycles. The van der Waals surface area contributed by atoms with Crippen LogP contribution < -0.4 is 5.32 Å². The highest BCUT2D eigenvalue weighted by Gasteiger charge is 2.41. The van der Waals surface area contributed by atoms with Crippen molar-refractivity contribution in [2.24, 2.45) is 20.0 Å². The van der Waals surface area contributed by atoms with Crippen molar-refractivity contribution in [2.75, 3.05) is 13.1 Å². The minimum absolute atomic E-state index is 0.497. The van der Waals surface area contributed by atoms with Crippen molar-refractivity contribution in [3.05, 3.63) is 35.4 Å². The molecule has 6 nitrogen and oxygen atoms in total. The van der Waals surface area contributed by atoms with Gasteiger partial charge in [0.05, 0.1) is 17.9 Å². The van der Waals surface area contributed by atoms with Gasteiger partial charge in [-0.25, -0.2) is 0 Å². The van der Waals surface area contributed by atoms with E-state index in [-0.39, 0.29) is 0 Å². The zero-order chi connectivity index (χ0) is 17.4. The zero-order valence-corrected chi connectivity index (χ0v) is 15.6. The molecular formula is C19H30N6. The number of piperidine rings is 1. The fraction of sp³-hybridized carbons (Fsp3) is 0.684. The highest BCUT2D eigenvalue weighted by Crippen LogP contribution is 2.42. The summed E-state index contributed by atoms with van der Waals surface area (Å²) in [5.74, 6) is 0.640. The maximum atomic E-state index is 4.44. The van der Waals surface area contributed by atoms with Crippen LogP contribution in [0.4, 0.5) is 0 Å². The molecule has 1 saturated heterocycles. The molecule has 2 aromatic rings. The Balaban J connectivity index is 1.46. The fourth-order valence-corrected chi connectivity index (χ4v) is 4.33. The normalized spacial score (nSPS) is 24.8. The summed E-state index contributed by atoms with van der Waals surface area (Å²) in [7, 11) is 4.09. The Hall–Kier alpha value is -1.66. The van der Waals surface area contributed by atoms with Gasteiger partial charge in [0.1, 0.15) is 0 Å². The van der Waals surface area contributed by atoms with Gasteiger partial charge < -0.3 is 5.32 Å². The van der Waals surface area contributed by atoms with Crippen molar-refractivity contribution in [3.8, 4) is 0 Å². The van der Waals surface area contributed by atoms with Crippen LogP contribution in [0.25, 0.3) is 0 Å². The summed E-state index contributed by atoms with van der Waals surface area (Å²) in [6, 6.07) is 3.50. The van der Waals surface area contributed by atoms with Crippen LogP contribution in [-0.4, -0.2) is 43.6 Å². The number of aryl methyl sites for hydroxylation is 2. The van der Waals surface area contributed by atoms with Crippen LogP contribution in [0.5, 0.6) is 0 Å². The Morgan fingerprint density at radius 2 is 2.00 bits per heavy atom. The third-order valence-electron chi connectivity index (χ3n) is 6.03. The molecule has 6 heteroatoms. The smallest absolute Gasteiger partial charge is 0.0560 e. The lowest BCUT2D eigenvalue weighted by atomic mass is 9.86. The van der Waals surface area contributed by atoms with Crippen molar-refractivity contribution < 1.29 is 0 Å². The van der Waals surface area contributed by atoms with E-state index in [9.17, 15) is 0 Å². The Labute approximate surface area is 150 Å². The minimum Gasteiger partial charge on any atom is -0.312 e. The van der Waals surface area contributed by atoms with Gasteiger partial charge in [0, 0.05) is 50.7 Å². The highest BCUT2D eigenvalue weighted by molar-refractivity contribution is 5.16. The van der Waals surface area contributed by atoms with Crippen LogP contribution in [0.2, 0.25) is 0 Å². The van der Waals surface area contributed by atoms with Gasteiger partial charge >= 0.3 is 0 Å². The predicted molar refractivity (Wildman–Crippen MR) is 98.1 cm³/mol. The third kappa shape index (κ3) is 3.37. The summed E-state index contributed by atoms with van der Waals surface area (Å²) in [5, 5.41) is 12.5. The molecule has 4 rings (SSSR count). The first-order chi connectivity index (χ1) is 12.1. The van der Waals surface area contributed by atoms with Crippen molar-refractivity contribution in [3.63, 3.8) is 0 Å². The van der Waals surface area contributed by atoms with E-state index in [1.165, 1.54) is 49.2 Å². The standard InChI is InChI=1S/C19H30N6/c1-14-16(13-22-23(14)2)12-20-11-15-5-4-10-25(17-6-7-17)19(15)18-8-9-21-24(18)3/h8-9,13,15,17,19-20H,4-7,10-12H2,1-3H3/t15-,19+/m0/s1. The van der Waals surface area contributed by atoms with E-state index in [0.29, 0.717) is 12.0 Å². The topological polar surface area (TPSA) is 50.9 Å². The maximum absolute atomic E-state index is 4.44. The number of nitrogens with one attached hydrogen (secondary N) is 1. The average molecular weight is 342 g/mol. The second-order valence-electron chi connectivity index (χ2n) is 7.71. The first-order valence-electron chi connectivity index (χ1n) is 9.57. The lowest BCUT2D eigenvalue weighted by Crippen LogP contribution is -2.44. The van der Waals surface area contributed by atoms with Crippen molar-refractivity contribution >= 4 is 0 Å². The molecule has 0 bridgehead atoms. The summed E-state index contributed by atoms with van der Waals surface area (Å²) >= 11 is 0. The van der Waals surface area contributed by atoms with E-state index in [2.05, 4.69) is 45.1 Å². The first kappa shape index (κ1) is 16.8. The molecule has 0 unspecified atom stereocenters. The van der Waals surface area contributed by atoms with Gasteiger partial charge in [-0.2, -0.15) is 10.2 Å². The second kappa shape index (κ2) is 6.92. The number of likely N-dealkylation sites (tertiary alicyclic amines) is 1. The van der Waals surface area contributed by atoms with Gasteiger partial charge in [-0.3, -0.25) is 14.3 Å². The molecule has 2 atom stereocenters. The molecule has 2 fully saturated rings. The number of hydrogen-bond acceptors (Lipinski definition) is 4. The third-order valence-corrected chi connectivity index (χ3v) is 6.03.